The fourth-order valence-electron chi connectivity index (χ4n) is 1.76. The molecule has 5 nitrogen and oxygen atoms in total. The number of nitro groups is 1. The van der Waals surface area contributed by atoms with E-state index in [0.717, 1.165) is 17.8 Å². The lowest BCUT2D eigenvalue weighted by atomic mass is 10.2. The first kappa shape index (κ1) is 14.1. The molecule has 0 N–H and O–H groups in total. The van der Waals surface area contributed by atoms with E-state index in [2.05, 4.69) is 25.8 Å². The number of nitrogens with zero attached hydrogens (tertiary/aromatic N) is 3. The Labute approximate surface area is 123 Å². The van der Waals surface area contributed by atoms with Crippen LogP contribution < -0.4 is 0 Å². The minimum atomic E-state index is -0.381. The van der Waals surface area contributed by atoms with E-state index in [9.17, 15) is 10.1 Å². The molecule has 0 bridgehead atoms. The van der Waals surface area contributed by atoms with Gasteiger partial charge in [-0.1, -0.05) is 6.07 Å². The molecule has 2 rings (SSSR count). The van der Waals surface area contributed by atoms with Gasteiger partial charge in [0.15, 0.2) is 0 Å². The third-order valence-corrected chi connectivity index (χ3v) is 3.88. The van der Waals surface area contributed by atoms with Crippen molar-refractivity contribution in [3.05, 3.63) is 54.9 Å². The van der Waals surface area contributed by atoms with Crippen LogP contribution in [0.5, 0.6) is 0 Å². The summed E-state index contributed by atoms with van der Waals surface area (Å²) in [6, 6.07) is 5.19. The van der Waals surface area contributed by atoms with Crippen LogP contribution in [0.4, 0.5) is 5.69 Å². The maximum Gasteiger partial charge on any atom is 0.283 e. The average molecular weight is 342 g/mol. The summed E-state index contributed by atoms with van der Waals surface area (Å²) < 4.78 is 0.503. The van der Waals surface area contributed by atoms with Gasteiger partial charge in [0.1, 0.15) is 0 Å². The van der Waals surface area contributed by atoms with Crippen molar-refractivity contribution in [2.75, 3.05) is 7.05 Å². The highest BCUT2D eigenvalue weighted by Gasteiger charge is 2.13. The quantitative estimate of drug-likeness (QED) is 0.617. The van der Waals surface area contributed by atoms with Gasteiger partial charge in [0.2, 0.25) is 0 Å². The van der Waals surface area contributed by atoms with Crippen molar-refractivity contribution >= 4 is 33.0 Å². The SMILES string of the molecule is CN(Cc1ccc(Br)c([N+](=O)[O-])c1)Cc1cscn1. The van der Waals surface area contributed by atoms with Crippen LogP contribution in [0.15, 0.2) is 33.6 Å². The van der Waals surface area contributed by atoms with E-state index >= 15 is 0 Å². The van der Waals surface area contributed by atoms with Gasteiger partial charge in [-0.3, -0.25) is 15.0 Å². The van der Waals surface area contributed by atoms with Crippen LogP contribution in [-0.2, 0) is 13.1 Å². The van der Waals surface area contributed by atoms with Crippen molar-refractivity contribution in [3.63, 3.8) is 0 Å². The number of hydrogen-bond donors (Lipinski definition) is 0. The van der Waals surface area contributed by atoms with E-state index in [1.807, 2.05) is 18.5 Å². The van der Waals surface area contributed by atoms with Crippen molar-refractivity contribution in [2.24, 2.45) is 0 Å². The van der Waals surface area contributed by atoms with Crippen LogP contribution in [0.2, 0.25) is 0 Å². The van der Waals surface area contributed by atoms with Crippen molar-refractivity contribution in [2.45, 2.75) is 13.1 Å². The van der Waals surface area contributed by atoms with Crippen LogP contribution in [0, 0.1) is 10.1 Å². The molecular formula is C12H12BrN3O2S. The lowest BCUT2D eigenvalue weighted by molar-refractivity contribution is -0.385. The number of hydrogen-bond acceptors (Lipinski definition) is 5. The summed E-state index contributed by atoms with van der Waals surface area (Å²) in [7, 11) is 1.97. The summed E-state index contributed by atoms with van der Waals surface area (Å²) in [5.74, 6) is 0. The molecule has 0 radical (unpaired) electrons. The Hall–Kier alpha value is -1.31. The van der Waals surface area contributed by atoms with E-state index in [1.54, 1.807) is 29.0 Å². The van der Waals surface area contributed by atoms with Crippen molar-refractivity contribution in [1.82, 2.24) is 9.88 Å². The smallest absolute Gasteiger partial charge is 0.283 e. The van der Waals surface area contributed by atoms with E-state index in [0.29, 0.717) is 11.0 Å². The Morgan fingerprint density at radius 3 is 2.89 bits per heavy atom. The molecule has 1 aromatic carbocycles. The van der Waals surface area contributed by atoms with Gasteiger partial charge in [-0.05, 0) is 34.6 Å². The largest absolute Gasteiger partial charge is 0.296 e. The van der Waals surface area contributed by atoms with Gasteiger partial charge < -0.3 is 0 Å². The molecule has 0 fully saturated rings. The fourth-order valence-corrected chi connectivity index (χ4v) is 2.70. The Balaban J connectivity index is 2.06. The number of thiazole rings is 1. The summed E-state index contributed by atoms with van der Waals surface area (Å²) in [5.41, 5.74) is 3.82. The summed E-state index contributed by atoms with van der Waals surface area (Å²) >= 11 is 4.74. The van der Waals surface area contributed by atoms with Crippen LogP contribution in [0.3, 0.4) is 0 Å². The molecule has 1 heterocycles. The Morgan fingerprint density at radius 2 is 2.26 bits per heavy atom. The Bertz CT molecular complexity index is 574. The van der Waals surface area contributed by atoms with E-state index in [4.69, 9.17) is 0 Å². The number of aromatic nitrogens is 1. The topological polar surface area (TPSA) is 59.3 Å². The molecule has 0 aliphatic heterocycles. The van der Waals surface area contributed by atoms with Crippen LogP contribution in [0.25, 0.3) is 0 Å². The van der Waals surface area contributed by atoms with Crippen molar-refractivity contribution in [1.29, 1.82) is 0 Å². The molecule has 0 unspecified atom stereocenters. The maximum atomic E-state index is 10.9. The summed E-state index contributed by atoms with van der Waals surface area (Å²) in [4.78, 5) is 16.8. The van der Waals surface area contributed by atoms with E-state index in [-0.39, 0.29) is 10.6 Å². The molecule has 0 saturated heterocycles. The Kier molecular flexibility index (Phi) is 4.62. The number of rotatable bonds is 5. The van der Waals surface area contributed by atoms with Crippen LogP contribution >= 0.6 is 27.3 Å². The molecule has 0 spiro atoms. The van der Waals surface area contributed by atoms with Crippen LogP contribution in [-0.4, -0.2) is 21.9 Å². The second kappa shape index (κ2) is 6.23. The Morgan fingerprint density at radius 1 is 1.47 bits per heavy atom. The van der Waals surface area contributed by atoms with Gasteiger partial charge in [-0.25, -0.2) is 4.98 Å². The highest BCUT2D eigenvalue weighted by molar-refractivity contribution is 9.10. The first-order valence-electron chi connectivity index (χ1n) is 5.54. The lowest BCUT2D eigenvalue weighted by Gasteiger charge is -2.15. The molecule has 100 valence electrons. The highest BCUT2D eigenvalue weighted by atomic mass is 79.9. The predicted molar refractivity (Wildman–Crippen MR) is 78.1 cm³/mol. The first-order chi connectivity index (χ1) is 9.06. The van der Waals surface area contributed by atoms with Gasteiger partial charge in [0.05, 0.1) is 20.6 Å². The molecule has 0 aliphatic rings. The minimum absolute atomic E-state index is 0.0968. The second-order valence-electron chi connectivity index (χ2n) is 4.19. The minimum Gasteiger partial charge on any atom is -0.296 e. The predicted octanol–water partition coefficient (Wildman–Crippen LogP) is 3.45. The van der Waals surface area contributed by atoms with Crippen LogP contribution in [0.1, 0.15) is 11.3 Å². The van der Waals surface area contributed by atoms with Crippen molar-refractivity contribution in [3.8, 4) is 0 Å². The molecule has 0 saturated carbocycles. The third-order valence-electron chi connectivity index (χ3n) is 2.58. The molecule has 0 amide bonds. The maximum absolute atomic E-state index is 10.9. The number of nitro benzene ring substituents is 1. The third kappa shape index (κ3) is 3.82. The van der Waals surface area contributed by atoms with Gasteiger partial charge in [0.25, 0.3) is 5.69 Å². The zero-order valence-electron chi connectivity index (χ0n) is 10.2. The molecule has 0 atom stereocenters. The van der Waals surface area contributed by atoms with Gasteiger partial charge in [-0.2, -0.15) is 0 Å². The lowest BCUT2D eigenvalue weighted by Crippen LogP contribution is -2.17. The summed E-state index contributed by atoms with van der Waals surface area (Å²) in [6.07, 6.45) is 0. The van der Waals surface area contributed by atoms with E-state index < -0.39 is 0 Å². The van der Waals surface area contributed by atoms with Crippen molar-refractivity contribution < 1.29 is 4.92 Å². The molecule has 2 aromatic rings. The average Bonchev–Trinajstić information content (AvgIpc) is 2.84. The second-order valence-corrected chi connectivity index (χ2v) is 5.77. The molecule has 19 heavy (non-hydrogen) atoms. The molecule has 0 aliphatic carbocycles. The van der Waals surface area contributed by atoms with E-state index in [1.165, 1.54) is 0 Å². The zero-order valence-corrected chi connectivity index (χ0v) is 12.6. The number of halogens is 1. The first-order valence-corrected chi connectivity index (χ1v) is 7.28. The molecule has 1 aromatic heterocycles. The summed E-state index contributed by atoms with van der Waals surface area (Å²) in [6.45, 7) is 1.37. The monoisotopic (exact) mass is 341 g/mol. The standard InChI is InChI=1S/C12H12BrN3O2S/c1-15(6-10-7-19-8-14-10)5-9-2-3-11(13)12(4-9)16(17)18/h2-4,7-8H,5-6H2,1H3. The normalized spacial score (nSPS) is 10.9. The molecule has 7 heteroatoms. The van der Waals surface area contributed by atoms with Gasteiger partial charge >= 0.3 is 0 Å². The van der Waals surface area contributed by atoms with Gasteiger partial charge in [-0.15, -0.1) is 11.3 Å². The zero-order chi connectivity index (χ0) is 13.8. The molecular weight excluding hydrogens is 330 g/mol. The number of benzene rings is 1. The van der Waals surface area contributed by atoms with Gasteiger partial charge in [0, 0.05) is 24.5 Å². The highest BCUT2D eigenvalue weighted by Crippen LogP contribution is 2.26. The summed E-state index contributed by atoms with van der Waals surface area (Å²) in [5, 5.41) is 12.9. The fraction of sp³-hybridized carbons (Fsp3) is 0.250.